The van der Waals surface area contributed by atoms with E-state index in [2.05, 4.69) is 9.72 Å². The first-order valence-corrected chi connectivity index (χ1v) is 52.7. The number of nitrogens with one attached hydrogen (secondary N) is 1. The van der Waals surface area contributed by atoms with Gasteiger partial charge in [-0.25, -0.2) is 87.1 Å². The zero-order valence-electron chi connectivity index (χ0n) is 83.9. The first-order chi connectivity index (χ1) is 68.4. The Morgan fingerprint density at radius 2 is 0.698 bits per heavy atom. The van der Waals surface area contributed by atoms with Gasteiger partial charge in [0.15, 0.2) is 19.2 Å². The number of aromatic amines is 1. The molecule has 32 nitrogen and oxygen atoms in total. The number of rotatable bonds is 26. The number of H-pyrrole nitrogens is 1. The summed E-state index contributed by atoms with van der Waals surface area (Å²) in [7, 11) is -3.56. The molecular formula is C108H133ClF4N8O24S4. The SMILES string of the molecule is C.C.C.CN(Cc1c[nH]c(-c2ccccc2F)c1)C(=O)OC(C)(C)C.CN(Cc1cc(-c2ccccc2F)n(S(=O)(=O)c2cccc(O)c2)c1)C(=O)OC(C)(C)C.CN(Cc1cc(-c2ccccc2F)n(S(=O)(=O)c2cccc(OC3CCCCO3)c2)c1)C(=O)OC(C)(C)C.COC(=O)COc1cccc(S(=O)(=O)n2cc(CN(C)C(=O)OC(C)(C)C)cc2-c2ccccc2F)c1.O=S(=O)(Cl)c1cccc(OC2CCCCO2)c1. The van der Waals surface area contributed by atoms with Crippen LogP contribution in [0.15, 0.2) is 263 Å². The maximum Gasteiger partial charge on any atom is 0.410 e. The normalized spacial score (nSPS) is 13.7. The molecule has 41 heteroatoms. The molecule has 0 radical (unpaired) electrons. The standard InChI is InChI=1S/C28H33FN2O6S.C26H29FN2O7S.C23H25FN2O5S.C17H21FN2O2.C11H13ClO4S.3CH4/c1-28(2,3)37-27(32)30(4)18-20-16-25(23-12-5-6-13-24(23)29)31(19-20)38(33,34)22-11-9-10-21(17-22)36-26-14-7-8-15-35-26;1-26(2,3)36-25(31)28(4)15-18-13-23(21-11-6-7-12-22(21)27)29(16-18)37(32,33)20-10-8-9-19(14-20)35-17-24(30)34-5;1-23(2,3)31-22(28)25(4)14-16-12-21(19-10-5-6-11-20(19)24)26(15-16)32(29,30)18-9-7-8-17(27)13-18;1-17(2,3)22-16(21)20(4)11-12-9-15(19-10-12)13-7-5-6-8-14(13)18;12-17(13,14)10-5-3-4-9(8-10)16-11-6-1-2-7-15-11;;;/h5-6,9-13,16-17,19,26H,7-8,14-15,18H2,1-4H3;6-14,16H,15,17H2,1-5H3;5-13,15,27H,14H2,1-4H3;5-10,19H,11H2,1-4H3;3-5,8,11H,1-2,6-7H2;3*1H4. The number of phenolic OH excluding ortho intramolecular Hbond substituents is 1. The summed E-state index contributed by atoms with van der Waals surface area (Å²) in [4.78, 5) is 68.7. The van der Waals surface area contributed by atoms with Gasteiger partial charge in [0, 0.05) is 129 Å². The molecular weight excluding hydrogens is 2030 g/mol. The van der Waals surface area contributed by atoms with Gasteiger partial charge in [0.25, 0.3) is 39.1 Å². The number of benzene rings is 8. The largest absolute Gasteiger partial charge is 0.508 e. The van der Waals surface area contributed by atoms with Gasteiger partial charge < -0.3 is 77.1 Å². The third-order valence-corrected chi connectivity index (χ3v) is 27.3. The van der Waals surface area contributed by atoms with E-state index >= 15 is 0 Å². The van der Waals surface area contributed by atoms with Crippen molar-refractivity contribution in [1.29, 1.82) is 0 Å². The summed E-state index contributed by atoms with van der Waals surface area (Å²) in [6.07, 6.45) is 8.56. The zero-order valence-corrected chi connectivity index (χ0v) is 88.0. The Labute approximate surface area is 875 Å². The Bertz CT molecular complexity index is 7040. The molecule has 0 aliphatic carbocycles. The van der Waals surface area contributed by atoms with Crippen LogP contribution in [0, 0.1) is 23.3 Å². The highest BCUT2D eigenvalue weighted by Gasteiger charge is 2.33. The predicted octanol–water partition coefficient (Wildman–Crippen LogP) is 23.5. The number of nitrogens with zero attached hydrogens (tertiary/aromatic N) is 7. The molecule has 12 aromatic rings. The lowest BCUT2D eigenvalue weighted by Crippen LogP contribution is -2.33. The number of hydrogen-bond donors (Lipinski definition) is 2. The van der Waals surface area contributed by atoms with Gasteiger partial charge in [0.2, 0.25) is 0 Å². The Hall–Kier alpha value is -13.6. The number of carbonyl (C=O) groups is 5. The van der Waals surface area contributed by atoms with Crippen molar-refractivity contribution in [1.82, 2.24) is 36.5 Å². The van der Waals surface area contributed by atoms with Crippen molar-refractivity contribution in [2.45, 2.75) is 225 Å². The molecule has 2 aliphatic heterocycles. The minimum Gasteiger partial charge on any atom is -0.508 e. The maximum absolute atomic E-state index is 14.8. The number of phenols is 1. The van der Waals surface area contributed by atoms with E-state index in [1.165, 1.54) is 199 Å². The third kappa shape index (κ3) is 35.8. The van der Waals surface area contributed by atoms with Crippen LogP contribution in [0.4, 0.5) is 36.7 Å². The highest BCUT2D eigenvalue weighted by atomic mass is 35.7. The van der Waals surface area contributed by atoms with E-state index < -0.39 is 116 Å². The molecule has 0 spiro atoms. The highest BCUT2D eigenvalue weighted by molar-refractivity contribution is 8.13. The van der Waals surface area contributed by atoms with E-state index in [9.17, 15) is 80.3 Å². The number of amides is 4. The third-order valence-electron chi connectivity index (χ3n) is 21.0. The van der Waals surface area contributed by atoms with E-state index in [0.29, 0.717) is 59.2 Å². The van der Waals surface area contributed by atoms with Crippen LogP contribution >= 0.6 is 10.7 Å². The summed E-state index contributed by atoms with van der Waals surface area (Å²) < 4.78 is 219. The average Bonchev–Trinajstić information content (AvgIpc) is 1.63. The van der Waals surface area contributed by atoms with Gasteiger partial charge in [-0.2, -0.15) is 0 Å². The van der Waals surface area contributed by atoms with Crippen molar-refractivity contribution >= 4 is 80.1 Å². The van der Waals surface area contributed by atoms with Gasteiger partial charge in [0.1, 0.15) is 68.7 Å². The summed E-state index contributed by atoms with van der Waals surface area (Å²) >= 11 is 0. The van der Waals surface area contributed by atoms with Crippen LogP contribution in [-0.2, 0) is 103 Å². The van der Waals surface area contributed by atoms with Crippen LogP contribution in [-0.4, -0.2) is 196 Å². The quantitative estimate of drug-likeness (QED) is 0.0220. The monoisotopic (exact) mass is 2160 g/mol. The maximum atomic E-state index is 14.8. The Morgan fingerprint density at radius 1 is 0.396 bits per heavy atom. The minimum absolute atomic E-state index is 0. The highest BCUT2D eigenvalue weighted by Crippen LogP contribution is 2.37. The first kappa shape index (κ1) is 122. The topological polar surface area (TPSA) is 378 Å². The second-order valence-electron chi connectivity index (χ2n) is 37.8. The number of methoxy groups -OCH3 is 1. The molecule has 0 bridgehead atoms. The van der Waals surface area contributed by atoms with E-state index in [1.807, 2.05) is 26.8 Å². The average molecular weight is 2170 g/mol. The van der Waals surface area contributed by atoms with Crippen molar-refractivity contribution in [3.63, 3.8) is 0 Å². The van der Waals surface area contributed by atoms with Crippen molar-refractivity contribution < 1.29 is 128 Å². The van der Waals surface area contributed by atoms with Gasteiger partial charge in [-0.1, -0.05) is 95.1 Å². The molecule has 14 rings (SSSR count). The second-order valence-corrected chi connectivity index (χ2v) is 45.9. The molecule has 2 unspecified atom stereocenters. The van der Waals surface area contributed by atoms with Crippen LogP contribution in [0.3, 0.4) is 0 Å². The molecule has 6 heterocycles. The molecule has 2 N–H and O–H groups in total. The number of aromatic nitrogens is 4. The van der Waals surface area contributed by atoms with E-state index in [1.54, 1.807) is 149 Å². The van der Waals surface area contributed by atoms with Crippen molar-refractivity contribution in [3.8, 4) is 68.0 Å². The number of hydrogen-bond acceptors (Lipinski definition) is 24. The smallest absolute Gasteiger partial charge is 0.410 e. The fourth-order valence-electron chi connectivity index (χ4n) is 14.3. The fraction of sp³-hybridized carbons (Fsp3) is 0.361. The summed E-state index contributed by atoms with van der Waals surface area (Å²) in [5.41, 5.74) is 1.43. The van der Waals surface area contributed by atoms with Crippen molar-refractivity contribution in [2.75, 3.05) is 55.1 Å². The minimum atomic E-state index is -4.25. The molecule has 2 atom stereocenters. The summed E-state index contributed by atoms with van der Waals surface area (Å²) in [5, 5.41) is 9.74. The Kier molecular flexibility index (Phi) is 43.5. The van der Waals surface area contributed by atoms with Crippen LogP contribution in [0.1, 0.15) is 166 Å². The number of halogens is 5. The number of aromatic hydroxyl groups is 1. The van der Waals surface area contributed by atoms with Crippen LogP contribution in [0.25, 0.3) is 45.0 Å². The van der Waals surface area contributed by atoms with Crippen LogP contribution in [0.5, 0.6) is 23.0 Å². The molecule has 4 amide bonds. The molecule has 2 fully saturated rings. The molecule has 149 heavy (non-hydrogen) atoms. The molecule has 808 valence electrons. The summed E-state index contributed by atoms with van der Waals surface area (Å²) in [5.74, 6) is -1.94. The summed E-state index contributed by atoms with van der Waals surface area (Å²) in [6.45, 7) is 22.6. The summed E-state index contributed by atoms with van der Waals surface area (Å²) in [6, 6.07) is 53.6. The molecule has 2 saturated heterocycles. The molecule has 8 aromatic carbocycles. The van der Waals surface area contributed by atoms with Gasteiger partial charge in [-0.15, -0.1) is 0 Å². The lowest BCUT2D eigenvalue weighted by molar-refractivity contribution is -0.142. The van der Waals surface area contributed by atoms with Crippen LogP contribution < -0.4 is 14.2 Å². The van der Waals surface area contributed by atoms with Crippen molar-refractivity contribution in [3.05, 3.63) is 289 Å². The number of ether oxygens (including phenoxy) is 10. The molecule has 4 aromatic heterocycles. The van der Waals surface area contributed by atoms with Gasteiger partial charge in [-0.3, -0.25) is 0 Å². The van der Waals surface area contributed by atoms with Gasteiger partial charge >= 0.3 is 30.3 Å². The number of esters is 1. The first-order valence-electron chi connectivity index (χ1n) is 46.1. The zero-order chi connectivity index (χ0) is 107. The Balaban J connectivity index is 0.000000257. The van der Waals surface area contributed by atoms with Crippen molar-refractivity contribution in [2.24, 2.45) is 0 Å². The van der Waals surface area contributed by atoms with E-state index in [4.69, 9.17) is 53.3 Å². The van der Waals surface area contributed by atoms with Gasteiger partial charge in [-0.05, 0) is 252 Å². The molecule has 2 aliphatic rings. The van der Waals surface area contributed by atoms with E-state index in [-0.39, 0.29) is 125 Å². The van der Waals surface area contributed by atoms with Gasteiger partial charge in [0.05, 0.1) is 83.2 Å². The van der Waals surface area contributed by atoms with Crippen LogP contribution in [0.2, 0.25) is 0 Å². The number of carbonyl (C=O) groups excluding carboxylic acids is 5. The van der Waals surface area contributed by atoms with E-state index in [0.717, 1.165) is 62.1 Å². The second kappa shape index (κ2) is 53.0. The fourth-order valence-corrected chi connectivity index (χ4v) is 19.3. The lowest BCUT2D eigenvalue weighted by atomic mass is 10.1. The Morgan fingerprint density at radius 3 is 1.01 bits per heavy atom. The molecule has 0 saturated carbocycles. The lowest BCUT2D eigenvalue weighted by Gasteiger charge is -2.24. The predicted molar refractivity (Wildman–Crippen MR) is 561 cm³/mol.